The summed E-state index contributed by atoms with van der Waals surface area (Å²) >= 11 is 1.10. The van der Waals surface area contributed by atoms with Gasteiger partial charge in [-0.3, -0.25) is 14.4 Å². The summed E-state index contributed by atoms with van der Waals surface area (Å²) in [7, 11) is 0. The summed E-state index contributed by atoms with van der Waals surface area (Å²) in [5.41, 5.74) is -2.43. The standard InChI is InChI=1S/C17H18N2O7S/c1-7(20)17(18-12(23)10-8(21)5-4-6-9(10)22)14(26)19-11(13(24)25)16(2,3)27-15(17)19/h4-6,11,15,21-22H,1-3H3,(H,18,23)(H,24,25)/t11-,15+,17-/m0/s1. The van der Waals surface area contributed by atoms with Gasteiger partial charge in [0.1, 0.15) is 28.5 Å². The van der Waals surface area contributed by atoms with Gasteiger partial charge in [-0.25, -0.2) is 4.79 Å². The Kier molecular flexibility index (Phi) is 4.14. The van der Waals surface area contributed by atoms with E-state index in [-0.39, 0.29) is 0 Å². The van der Waals surface area contributed by atoms with Crippen LogP contribution in [0, 0.1) is 0 Å². The Labute approximate surface area is 158 Å². The number of carboxylic acid groups (broad SMARTS) is 1. The van der Waals surface area contributed by atoms with Crippen LogP contribution in [0.25, 0.3) is 0 Å². The molecular weight excluding hydrogens is 376 g/mol. The second-order valence-electron chi connectivity index (χ2n) is 7.02. The molecule has 0 aliphatic carbocycles. The molecule has 144 valence electrons. The molecule has 0 spiro atoms. The molecule has 2 fully saturated rings. The van der Waals surface area contributed by atoms with Crippen molar-refractivity contribution in [1.82, 2.24) is 10.2 Å². The van der Waals surface area contributed by atoms with Crippen LogP contribution in [-0.2, 0) is 14.4 Å². The number of carboxylic acids is 1. The number of carbonyl (C=O) groups is 4. The summed E-state index contributed by atoms with van der Waals surface area (Å²) in [4.78, 5) is 50.5. The molecule has 0 aromatic heterocycles. The number of nitrogens with zero attached hydrogens (tertiary/aromatic N) is 1. The monoisotopic (exact) mass is 394 g/mol. The number of benzene rings is 1. The first-order chi connectivity index (χ1) is 12.4. The van der Waals surface area contributed by atoms with Crippen molar-refractivity contribution in [2.75, 3.05) is 0 Å². The summed E-state index contributed by atoms with van der Waals surface area (Å²) < 4.78 is -0.884. The summed E-state index contributed by atoms with van der Waals surface area (Å²) in [5, 5.41) is 30.6. The van der Waals surface area contributed by atoms with Crippen LogP contribution in [0.15, 0.2) is 18.2 Å². The number of carbonyl (C=O) groups excluding carboxylic acids is 3. The molecule has 1 aromatic carbocycles. The van der Waals surface area contributed by atoms with E-state index < -0.39 is 62.3 Å². The van der Waals surface area contributed by atoms with E-state index in [2.05, 4.69) is 5.32 Å². The highest BCUT2D eigenvalue weighted by Gasteiger charge is 2.74. The number of aliphatic carboxylic acids is 1. The van der Waals surface area contributed by atoms with Gasteiger partial charge in [0.05, 0.1) is 0 Å². The zero-order valence-electron chi connectivity index (χ0n) is 14.7. The van der Waals surface area contributed by atoms with E-state index in [4.69, 9.17) is 0 Å². The van der Waals surface area contributed by atoms with Crippen molar-refractivity contribution >= 4 is 35.3 Å². The number of phenols is 2. The lowest BCUT2D eigenvalue weighted by molar-refractivity contribution is -0.170. The van der Waals surface area contributed by atoms with E-state index in [0.29, 0.717) is 0 Å². The Morgan fingerprint density at radius 3 is 2.22 bits per heavy atom. The molecule has 2 amide bonds. The SMILES string of the molecule is CC(=O)[C@]1(NC(=O)c2c(O)cccc2O)C(=O)N2[C@@H](C(=O)O)C(C)(C)S[C@@H]21. The Morgan fingerprint density at radius 1 is 1.19 bits per heavy atom. The predicted octanol–water partition coefficient (Wildman–Crippen LogP) is 0.302. The lowest BCUT2D eigenvalue weighted by atomic mass is 9.81. The molecule has 4 N–H and O–H groups in total. The molecule has 3 rings (SSSR count). The highest BCUT2D eigenvalue weighted by atomic mass is 32.2. The number of phenolic OH excluding ortho intramolecular Hbond substituents is 2. The maximum absolute atomic E-state index is 12.8. The van der Waals surface area contributed by atoms with E-state index in [1.54, 1.807) is 13.8 Å². The number of rotatable bonds is 4. The number of Topliss-reactive ketones (excluding diaryl/α,β-unsaturated/α-hetero) is 1. The number of amides is 2. The molecule has 0 saturated carbocycles. The summed E-state index contributed by atoms with van der Waals surface area (Å²) in [6.07, 6.45) is 0. The molecule has 0 radical (unpaired) electrons. The van der Waals surface area contributed by atoms with Crippen LogP contribution >= 0.6 is 11.8 Å². The van der Waals surface area contributed by atoms with Crippen LogP contribution in [0.4, 0.5) is 0 Å². The van der Waals surface area contributed by atoms with E-state index in [0.717, 1.165) is 23.6 Å². The van der Waals surface area contributed by atoms with E-state index in [1.807, 2.05) is 0 Å². The van der Waals surface area contributed by atoms with Gasteiger partial charge >= 0.3 is 5.97 Å². The largest absolute Gasteiger partial charge is 0.507 e. The molecule has 0 unspecified atom stereocenters. The maximum Gasteiger partial charge on any atom is 0.327 e. The average Bonchev–Trinajstić information content (AvgIpc) is 2.81. The normalized spacial score (nSPS) is 28.3. The summed E-state index contributed by atoms with van der Waals surface area (Å²) in [6, 6.07) is 2.53. The lowest BCUT2D eigenvalue weighted by Gasteiger charge is -2.51. The van der Waals surface area contributed by atoms with Gasteiger partial charge in [-0.05, 0) is 32.9 Å². The van der Waals surface area contributed by atoms with Crippen LogP contribution < -0.4 is 5.32 Å². The summed E-state index contributed by atoms with van der Waals surface area (Å²) in [6.45, 7) is 4.41. The van der Waals surface area contributed by atoms with Crippen molar-refractivity contribution < 1.29 is 34.5 Å². The minimum Gasteiger partial charge on any atom is -0.507 e. The number of thioether (sulfide) groups is 1. The number of ketones is 1. The van der Waals surface area contributed by atoms with Gasteiger partial charge in [-0.1, -0.05) is 6.07 Å². The number of β-lactam (4-membered cyclic amide) rings is 1. The van der Waals surface area contributed by atoms with Crippen molar-refractivity contribution in [2.45, 2.75) is 42.5 Å². The predicted molar refractivity (Wildman–Crippen MR) is 94.4 cm³/mol. The molecular formula is C17H18N2O7S. The van der Waals surface area contributed by atoms with Gasteiger partial charge in [0.25, 0.3) is 11.8 Å². The van der Waals surface area contributed by atoms with Crippen LogP contribution in [0.3, 0.4) is 0 Å². The third kappa shape index (κ3) is 2.47. The van der Waals surface area contributed by atoms with Crippen LogP contribution in [0.2, 0.25) is 0 Å². The molecule has 2 aliphatic heterocycles. The Bertz CT molecular complexity index is 864. The Hall–Kier alpha value is -2.75. The van der Waals surface area contributed by atoms with Gasteiger partial charge in [0.2, 0.25) is 5.54 Å². The molecule has 2 saturated heterocycles. The van der Waals surface area contributed by atoms with E-state index in [1.165, 1.54) is 18.2 Å². The molecule has 0 bridgehead atoms. The molecule has 3 atom stereocenters. The summed E-state index contributed by atoms with van der Waals surface area (Å²) in [5.74, 6) is -4.73. The Balaban J connectivity index is 2.00. The minimum absolute atomic E-state index is 0.471. The zero-order chi connectivity index (χ0) is 20.3. The highest BCUT2D eigenvalue weighted by molar-refractivity contribution is 8.01. The third-order valence-electron chi connectivity index (χ3n) is 4.89. The highest BCUT2D eigenvalue weighted by Crippen LogP contribution is 2.55. The number of nitrogens with one attached hydrogen (secondary N) is 1. The molecule has 9 nitrogen and oxygen atoms in total. The number of aromatic hydroxyl groups is 2. The van der Waals surface area contributed by atoms with Crippen molar-refractivity contribution in [3.05, 3.63) is 23.8 Å². The van der Waals surface area contributed by atoms with Crippen LogP contribution in [0.1, 0.15) is 31.1 Å². The smallest absolute Gasteiger partial charge is 0.327 e. The van der Waals surface area contributed by atoms with Gasteiger partial charge < -0.3 is 25.5 Å². The van der Waals surface area contributed by atoms with Crippen molar-refractivity contribution in [2.24, 2.45) is 0 Å². The molecule has 2 heterocycles. The van der Waals surface area contributed by atoms with Gasteiger partial charge in [-0.2, -0.15) is 0 Å². The molecule has 10 heteroatoms. The van der Waals surface area contributed by atoms with Gasteiger partial charge in [0.15, 0.2) is 5.78 Å². The Morgan fingerprint density at radius 2 is 1.74 bits per heavy atom. The first-order valence-electron chi connectivity index (χ1n) is 8.03. The van der Waals surface area contributed by atoms with Gasteiger partial charge in [0, 0.05) is 4.75 Å². The van der Waals surface area contributed by atoms with E-state index >= 15 is 0 Å². The molecule has 27 heavy (non-hydrogen) atoms. The van der Waals surface area contributed by atoms with Crippen molar-refractivity contribution in [3.8, 4) is 11.5 Å². The topological polar surface area (TPSA) is 144 Å². The second-order valence-corrected chi connectivity index (χ2v) is 8.75. The quantitative estimate of drug-likeness (QED) is 0.422. The van der Waals surface area contributed by atoms with Crippen LogP contribution in [0.5, 0.6) is 11.5 Å². The zero-order valence-corrected chi connectivity index (χ0v) is 15.5. The average molecular weight is 394 g/mol. The fourth-order valence-corrected chi connectivity index (χ4v) is 5.34. The first-order valence-corrected chi connectivity index (χ1v) is 8.91. The fourth-order valence-electron chi connectivity index (χ4n) is 3.59. The third-order valence-corrected chi connectivity index (χ3v) is 6.53. The molecule has 1 aromatic rings. The van der Waals surface area contributed by atoms with Crippen LogP contribution in [-0.4, -0.2) is 65.5 Å². The number of fused-ring (bicyclic) bond motifs is 1. The van der Waals surface area contributed by atoms with Gasteiger partial charge in [-0.15, -0.1) is 11.8 Å². The fraction of sp³-hybridized carbons (Fsp3) is 0.412. The van der Waals surface area contributed by atoms with Crippen molar-refractivity contribution in [1.29, 1.82) is 0 Å². The lowest BCUT2D eigenvalue weighted by Crippen LogP contribution is -2.82. The molecule has 2 aliphatic rings. The first kappa shape index (κ1) is 19.0. The number of hydrogen-bond acceptors (Lipinski definition) is 7. The minimum atomic E-state index is -1.96. The maximum atomic E-state index is 12.8. The van der Waals surface area contributed by atoms with Crippen molar-refractivity contribution in [3.63, 3.8) is 0 Å². The number of hydrogen-bond donors (Lipinski definition) is 4. The second kappa shape index (κ2) is 5.88. The van der Waals surface area contributed by atoms with E-state index in [9.17, 15) is 34.5 Å².